The molecule has 270 valence electrons. The van der Waals surface area contributed by atoms with Crippen molar-refractivity contribution in [2.24, 2.45) is 0 Å². The minimum Gasteiger partial charge on any atom is -0.310 e. The fourth-order valence-corrected chi connectivity index (χ4v) is 9.53. The van der Waals surface area contributed by atoms with Crippen molar-refractivity contribution in [3.8, 4) is 11.1 Å². The van der Waals surface area contributed by atoms with Crippen LogP contribution in [-0.4, -0.2) is 0 Å². The van der Waals surface area contributed by atoms with E-state index >= 15 is 0 Å². The van der Waals surface area contributed by atoms with Crippen molar-refractivity contribution in [3.63, 3.8) is 0 Å². The molecule has 0 spiro atoms. The van der Waals surface area contributed by atoms with Gasteiger partial charge in [-0.25, -0.2) is 0 Å². The van der Waals surface area contributed by atoms with Gasteiger partial charge in [-0.05, 0) is 125 Å². The molecule has 0 N–H and O–H groups in total. The number of para-hydroxylation sites is 4. The van der Waals surface area contributed by atoms with Crippen LogP contribution < -0.4 is 9.80 Å². The molecule has 12 aromatic rings. The summed E-state index contributed by atoms with van der Waals surface area (Å²) in [6, 6.07) is 80.2. The molecule has 0 atom stereocenters. The van der Waals surface area contributed by atoms with Crippen molar-refractivity contribution in [2.75, 3.05) is 9.80 Å². The Balaban J connectivity index is 1.08. The van der Waals surface area contributed by atoms with Gasteiger partial charge in [0.25, 0.3) is 0 Å². The van der Waals surface area contributed by atoms with E-state index in [1.165, 1.54) is 64.6 Å². The number of hydrogen-bond donors (Lipinski definition) is 0. The maximum atomic E-state index is 2.43. The summed E-state index contributed by atoms with van der Waals surface area (Å²) >= 11 is 0. The first-order valence-corrected chi connectivity index (χ1v) is 20.0. The molecule has 0 amide bonds. The van der Waals surface area contributed by atoms with Crippen LogP contribution in [0, 0.1) is 0 Å². The number of anilines is 6. The minimum atomic E-state index is 1.10. The van der Waals surface area contributed by atoms with E-state index in [2.05, 4.69) is 228 Å². The molecule has 12 aromatic carbocycles. The Morgan fingerprint density at radius 3 is 0.862 bits per heavy atom. The van der Waals surface area contributed by atoms with Gasteiger partial charge in [-0.3, -0.25) is 0 Å². The van der Waals surface area contributed by atoms with E-state index in [0.717, 1.165) is 45.3 Å². The summed E-state index contributed by atoms with van der Waals surface area (Å²) in [5, 5.41) is 15.3. The van der Waals surface area contributed by atoms with Gasteiger partial charge in [-0.2, -0.15) is 0 Å². The number of rotatable bonds is 7. The molecule has 2 nitrogen and oxygen atoms in total. The van der Waals surface area contributed by atoms with E-state index in [-0.39, 0.29) is 0 Å². The zero-order valence-corrected chi connectivity index (χ0v) is 31.7. The molecule has 0 aromatic heterocycles. The Labute approximate surface area is 336 Å². The maximum absolute atomic E-state index is 2.43. The zero-order chi connectivity index (χ0) is 38.2. The highest BCUT2D eigenvalue weighted by Crippen LogP contribution is 2.49. The van der Waals surface area contributed by atoms with Crippen molar-refractivity contribution in [2.45, 2.75) is 0 Å². The van der Waals surface area contributed by atoms with Crippen molar-refractivity contribution in [1.29, 1.82) is 0 Å². The lowest BCUT2D eigenvalue weighted by atomic mass is 9.93. The summed E-state index contributed by atoms with van der Waals surface area (Å²) in [6.45, 7) is 0. The second kappa shape index (κ2) is 12.9. The number of nitrogens with zero attached hydrogens (tertiary/aromatic N) is 2. The Bertz CT molecular complexity index is 3100. The first kappa shape index (κ1) is 32.6. The Morgan fingerprint density at radius 2 is 0.500 bits per heavy atom. The topological polar surface area (TPSA) is 6.48 Å². The predicted octanol–water partition coefficient (Wildman–Crippen LogP) is 16.1. The van der Waals surface area contributed by atoms with Crippen LogP contribution in [-0.2, 0) is 0 Å². The third-order valence-corrected chi connectivity index (χ3v) is 12.0. The van der Waals surface area contributed by atoms with E-state index < -0.39 is 0 Å². The van der Waals surface area contributed by atoms with Gasteiger partial charge < -0.3 is 9.80 Å². The summed E-state index contributed by atoms with van der Waals surface area (Å²) in [5.74, 6) is 0. The van der Waals surface area contributed by atoms with E-state index in [1.807, 2.05) is 0 Å². The standard InChI is InChI=1S/C56H36N2/c1-3-17-45(18-4-1)57(47-33-41-29-25-37-13-11-14-38-26-30-42(34-47)55(41)53(37)38)51-23-9-7-21-49(51)50-22-8-10-24-52(50)58(46-19-5-2-6-20-46)48-35-43-31-27-39-15-12-16-40-28-32-44(36-48)56(43)54(39)40/h1-36H. The van der Waals surface area contributed by atoms with Crippen LogP contribution in [0.4, 0.5) is 34.1 Å². The van der Waals surface area contributed by atoms with Crippen LogP contribution in [0.15, 0.2) is 218 Å². The monoisotopic (exact) mass is 736 g/mol. The van der Waals surface area contributed by atoms with Crippen LogP contribution in [0.3, 0.4) is 0 Å². The molecule has 0 aliphatic carbocycles. The smallest absolute Gasteiger partial charge is 0.0540 e. The van der Waals surface area contributed by atoms with E-state index in [9.17, 15) is 0 Å². The lowest BCUT2D eigenvalue weighted by Crippen LogP contribution is -2.13. The fourth-order valence-electron chi connectivity index (χ4n) is 9.53. The lowest BCUT2D eigenvalue weighted by Gasteiger charge is -2.31. The van der Waals surface area contributed by atoms with E-state index in [4.69, 9.17) is 0 Å². The van der Waals surface area contributed by atoms with Crippen LogP contribution in [0.2, 0.25) is 0 Å². The second-order valence-electron chi connectivity index (χ2n) is 15.3. The van der Waals surface area contributed by atoms with Gasteiger partial charge in [0.2, 0.25) is 0 Å². The molecule has 2 heteroatoms. The molecule has 0 saturated carbocycles. The van der Waals surface area contributed by atoms with Gasteiger partial charge in [0.15, 0.2) is 0 Å². The highest BCUT2D eigenvalue weighted by molar-refractivity contribution is 6.25. The molecule has 12 rings (SSSR count). The first-order chi connectivity index (χ1) is 28.8. The molecule has 58 heavy (non-hydrogen) atoms. The molecule has 0 heterocycles. The second-order valence-corrected chi connectivity index (χ2v) is 15.3. The quantitative estimate of drug-likeness (QED) is 0.150. The Kier molecular flexibility index (Phi) is 7.26. The molecular formula is C56H36N2. The molecule has 0 unspecified atom stereocenters. The molecule has 0 radical (unpaired) electrons. The molecule has 0 saturated heterocycles. The van der Waals surface area contributed by atoms with E-state index in [1.54, 1.807) is 0 Å². The Morgan fingerprint density at radius 1 is 0.207 bits per heavy atom. The fraction of sp³-hybridized carbons (Fsp3) is 0. The highest BCUT2D eigenvalue weighted by atomic mass is 15.2. The van der Waals surface area contributed by atoms with Gasteiger partial charge in [0.1, 0.15) is 0 Å². The average molecular weight is 737 g/mol. The third-order valence-electron chi connectivity index (χ3n) is 12.0. The summed E-state index contributed by atoms with van der Waals surface area (Å²) in [6.07, 6.45) is 0. The number of hydrogen-bond acceptors (Lipinski definition) is 2. The zero-order valence-electron chi connectivity index (χ0n) is 31.7. The number of benzene rings is 12. The lowest BCUT2D eigenvalue weighted by molar-refractivity contribution is 1.27. The molecular weight excluding hydrogens is 701 g/mol. The van der Waals surface area contributed by atoms with Crippen LogP contribution >= 0.6 is 0 Å². The van der Waals surface area contributed by atoms with Gasteiger partial charge in [-0.1, -0.05) is 158 Å². The summed E-state index contributed by atoms with van der Waals surface area (Å²) < 4.78 is 0. The largest absolute Gasteiger partial charge is 0.310 e. The molecule has 0 aliphatic rings. The normalized spacial score (nSPS) is 11.8. The minimum absolute atomic E-state index is 1.10. The van der Waals surface area contributed by atoms with Gasteiger partial charge in [-0.15, -0.1) is 0 Å². The van der Waals surface area contributed by atoms with Crippen molar-refractivity contribution >= 4 is 98.8 Å². The van der Waals surface area contributed by atoms with Gasteiger partial charge in [0, 0.05) is 33.9 Å². The third kappa shape index (κ3) is 5.05. The summed E-state index contributed by atoms with van der Waals surface area (Å²) in [7, 11) is 0. The Hall–Kier alpha value is -7.68. The average Bonchev–Trinajstić information content (AvgIpc) is 3.29. The van der Waals surface area contributed by atoms with E-state index in [0.29, 0.717) is 0 Å². The molecule has 0 aliphatic heterocycles. The van der Waals surface area contributed by atoms with Crippen LogP contribution in [0.1, 0.15) is 0 Å². The summed E-state index contributed by atoms with van der Waals surface area (Å²) in [4.78, 5) is 4.86. The molecule has 0 bridgehead atoms. The maximum Gasteiger partial charge on any atom is 0.0540 e. The molecule has 0 fully saturated rings. The van der Waals surface area contributed by atoms with Crippen molar-refractivity contribution in [3.05, 3.63) is 218 Å². The van der Waals surface area contributed by atoms with Gasteiger partial charge in [0.05, 0.1) is 11.4 Å². The van der Waals surface area contributed by atoms with Crippen LogP contribution in [0.25, 0.3) is 75.8 Å². The first-order valence-electron chi connectivity index (χ1n) is 20.0. The van der Waals surface area contributed by atoms with Crippen LogP contribution in [0.5, 0.6) is 0 Å². The van der Waals surface area contributed by atoms with Gasteiger partial charge >= 0.3 is 0 Å². The highest BCUT2D eigenvalue weighted by Gasteiger charge is 2.24. The SMILES string of the molecule is c1ccc(N(c2cc3ccc4cccc5ccc(c2)c3c45)c2ccccc2-c2ccccc2N(c2ccccc2)c2cc3ccc4cccc5ccc(c2)c3c45)cc1. The summed E-state index contributed by atoms with van der Waals surface area (Å²) in [5.41, 5.74) is 8.95. The predicted molar refractivity (Wildman–Crippen MR) is 249 cm³/mol. The van der Waals surface area contributed by atoms with Crippen molar-refractivity contribution < 1.29 is 0 Å². The van der Waals surface area contributed by atoms with Crippen molar-refractivity contribution in [1.82, 2.24) is 0 Å².